The molecule has 4 N–H and O–H groups in total. The fourth-order valence-corrected chi connectivity index (χ4v) is 2.67. The van der Waals surface area contributed by atoms with E-state index in [4.69, 9.17) is 10.8 Å². The third-order valence-electron chi connectivity index (χ3n) is 3.89. The molecule has 3 amide bonds. The summed E-state index contributed by atoms with van der Waals surface area (Å²) in [6.45, 7) is 2.09. The number of carbonyl (C=O) groups is 3. The van der Waals surface area contributed by atoms with Crippen LogP contribution in [0, 0.1) is 5.92 Å². The summed E-state index contributed by atoms with van der Waals surface area (Å²) in [5.74, 6) is -1.63. The van der Waals surface area contributed by atoms with Crippen LogP contribution in [-0.2, 0) is 9.59 Å². The Morgan fingerprint density at radius 1 is 1.35 bits per heavy atom. The Balaban J connectivity index is 2.63. The Hall–Kier alpha value is -1.79. The lowest BCUT2D eigenvalue weighted by Gasteiger charge is -2.36. The Morgan fingerprint density at radius 2 is 1.95 bits per heavy atom. The van der Waals surface area contributed by atoms with Gasteiger partial charge in [0.2, 0.25) is 5.91 Å². The summed E-state index contributed by atoms with van der Waals surface area (Å²) in [5.41, 5.74) is 4.98. The molecule has 7 heteroatoms. The number of primary amides is 1. The van der Waals surface area contributed by atoms with Crippen LogP contribution in [-0.4, -0.2) is 47.0 Å². The maximum Gasteiger partial charge on any atom is 0.326 e. The van der Waals surface area contributed by atoms with Crippen LogP contribution in [0.15, 0.2) is 0 Å². The lowest BCUT2D eigenvalue weighted by atomic mass is 9.85. The largest absolute Gasteiger partial charge is 0.480 e. The number of nitrogens with two attached hydrogens (primary N) is 1. The number of hydrogen-bond donors (Lipinski definition) is 3. The van der Waals surface area contributed by atoms with Gasteiger partial charge in [-0.25, -0.2) is 9.59 Å². The van der Waals surface area contributed by atoms with Crippen molar-refractivity contribution in [1.29, 1.82) is 0 Å². The molecule has 1 saturated carbocycles. The SMILES string of the molecule is CC1CCCCC1N(C)C(=O)N[C@H](CC(N)=O)C(=O)O. The maximum absolute atomic E-state index is 12.1. The number of nitrogens with one attached hydrogen (secondary N) is 1. The van der Waals surface area contributed by atoms with Crippen LogP contribution >= 0.6 is 0 Å². The van der Waals surface area contributed by atoms with Crippen LogP contribution in [0.1, 0.15) is 39.0 Å². The smallest absolute Gasteiger partial charge is 0.326 e. The van der Waals surface area contributed by atoms with Crippen molar-refractivity contribution in [2.75, 3.05) is 7.05 Å². The Kier molecular flexibility index (Phi) is 5.79. The molecule has 114 valence electrons. The molecule has 7 nitrogen and oxygen atoms in total. The molecular formula is C13H23N3O4. The Morgan fingerprint density at radius 3 is 2.45 bits per heavy atom. The molecule has 0 aromatic carbocycles. The van der Waals surface area contributed by atoms with Crippen LogP contribution in [0.25, 0.3) is 0 Å². The number of rotatable bonds is 5. The van der Waals surface area contributed by atoms with Crippen molar-refractivity contribution in [3.63, 3.8) is 0 Å². The van der Waals surface area contributed by atoms with E-state index >= 15 is 0 Å². The first-order valence-corrected chi connectivity index (χ1v) is 6.87. The zero-order valence-electron chi connectivity index (χ0n) is 12.0. The van der Waals surface area contributed by atoms with Gasteiger partial charge in [-0.15, -0.1) is 0 Å². The van der Waals surface area contributed by atoms with Crippen LogP contribution < -0.4 is 11.1 Å². The average molecular weight is 285 g/mol. The molecule has 0 aromatic rings. The molecule has 1 aliphatic rings. The molecule has 1 rings (SSSR count). The third-order valence-corrected chi connectivity index (χ3v) is 3.89. The molecule has 3 atom stereocenters. The van der Waals surface area contributed by atoms with Gasteiger partial charge in [0.15, 0.2) is 0 Å². The van der Waals surface area contributed by atoms with Gasteiger partial charge in [0.1, 0.15) is 6.04 Å². The number of carboxylic acid groups (broad SMARTS) is 1. The highest BCUT2D eigenvalue weighted by Gasteiger charge is 2.30. The van der Waals surface area contributed by atoms with Crippen molar-refractivity contribution >= 4 is 17.9 Å². The topological polar surface area (TPSA) is 113 Å². The minimum Gasteiger partial charge on any atom is -0.480 e. The second-order valence-corrected chi connectivity index (χ2v) is 5.45. The van der Waals surface area contributed by atoms with Crippen LogP contribution in [0.2, 0.25) is 0 Å². The molecule has 0 spiro atoms. The van der Waals surface area contributed by atoms with Gasteiger partial charge < -0.3 is 21.1 Å². The van der Waals surface area contributed by atoms with Gasteiger partial charge >= 0.3 is 12.0 Å². The maximum atomic E-state index is 12.1. The molecule has 1 fully saturated rings. The molecule has 0 saturated heterocycles. The quantitative estimate of drug-likeness (QED) is 0.684. The lowest BCUT2D eigenvalue weighted by Crippen LogP contribution is -2.52. The fourth-order valence-electron chi connectivity index (χ4n) is 2.67. The molecule has 20 heavy (non-hydrogen) atoms. The number of aliphatic carboxylic acids is 1. The molecule has 0 aromatic heterocycles. The summed E-state index contributed by atoms with van der Waals surface area (Å²) in [6.07, 6.45) is 3.79. The van der Waals surface area contributed by atoms with Crippen molar-refractivity contribution in [1.82, 2.24) is 10.2 Å². The minimum atomic E-state index is -1.28. The number of hydrogen-bond acceptors (Lipinski definition) is 3. The van der Waals surface area contributed by atoms with Crippen LogP contribution in [0.4, 0.5) is 4.79 Å². The highest BCUT2D eigenvalue weighted by atomic mass is 16.4. The summed E-state index contributed by atoms with van der Waals surface area (Å²) in [4.78, 5) is 35.4. The standard InChI is InChI=1S/C13H23N3O4/c1-8-5-3-4-6-10(8)16(2)13(20)15-9(12(18)19)7-11(14)17/h8-10H,3-7H2,1-2H3,(H2,14,17)(H,15,20)(H,18,19)/t8?,9-,10?/m1/s1. The van der Waals surface area contributed by atoms with E-state index in [0.29, 0.717) is 5.92 Å². The van der Waals surface area contributed by atoms with E-state index in [1.807, 2.05) is 0 Å². The molecule has 0 bridgehead atoms. The van der Waals surface area contributed by atoms with E-state index in [1.54, 1.807) is 11.9 Å². The van der Waals surface area contributed by atoms with Crippen LogP contribution in [0.5, 0.6) is 0 Å². The number of carbonyl (C=O) groups excluding carboxylic acids is 2. The Bertz CT molecular complexity index is 386. The second kappa shape index (κ2) is 7.12. The minimum absolute atomic E-state index is 0.103. The second-order valence-electron chi connectivity index (χ2n) is 5.45. The zero-order valence-corrected chi connectivity index (χ0v) is 12.0. The normalized spacial score (nSPS) is 23.7. The summed E-state index contributed by atoms with van der Waals surface area (Å²) >= 11 is 0. The number of carboxylic acids is 1. The predicted molar refractivity (Wildman–Crippen MR) is 72.9 cm³/mol. The highest BCUT2D eigenvalue weighted by Crippen LogP contribution is 2.27. The van der Waals surface area contributed by atoms with E-state index in [1.165, 1.54) is 0 Å². The van der Waals surface area contributed by atoms with Crippen molar-refractivity contribution < 1.29 is 19.5 Å². The van der Waals surface area contributed by atoms with E-state index in [9.17, 15) is 14.4 Å². The monoisotopic (exact) mass is 285 g/mol. The lowest BCUT2D eigenvalue weighted by molar-refractivity contribution is -0.141. The number of urea groups is 1. The van der Waals surface area contributed by atoms with Gasteiger partial charge in [-0.05, 0) is 18.8 Å². The molecular weight excluding hydrogens is 262 g/mol. The zero-order chi connectivity index (χ0) is 15.3. The summed E-state index contributed by atoms with van der Waals surface area (Å²) in [6, 6.07) is -1.65. The molecule has 0 heterocycles. The van der Waals surface area contributed by atoms with Gasteiger partial charge in [-0.1, -0.05) is 19.8 Å². The molecule has 0 aliphatic heterocycles. The van der Waals surface area contributed by atoms with Crippen molar-refractivity contribution in [3.05, 3.63) is 0 Å². The third kappa shape index (κ3) is 4.40. The predicted octanol–water partition coefficient (Wildman–Crippen LogP) is 0.535. The summed E-state index contributed by atoms with van der Waals surface area (Å²) in [7, 11) is 1.66. The average Bonchev–Trinajstić information content (AvgIpc) is 2.37. The first-order chi connectivity index (χ1) is 9.32. The molecule has 2 unspecified atom stereocenters. The van der Waals surface area contributed by atoms with Crippen LogP contribution in [0.3, 0.4) is 0 Å². The summed E-state index contributed by atoms with van der Waals surface area (Å²) in [5, 5.41) is 11.3. The van der Waals surface area contributed by atoms with Gasteiger partial charge in [-0.2, -0.15) is 0 Å². The molecule has 0 radical (unpaired) electrons. The first kappa shape index (κ1) is 16.3. The van der Waals surface area contributed by atoms with E-state index in [2.05, 4.69) is 12.2 Å². The van der Waals surface area contributed by atoms with E-state index in [-0.39, 0.29) is 6.04 Å². The van der Waals surface area contributed by atoms with E-state index < -0.39 is 30.4 Å². The van der Waals surface area contributed by atoms with Crippen molar-refractivity contribution in [3.8, 4) is 0 Å². The highest BCUT2D eigenvalue weighted by molar-refractivity contribution is 5.87. The van der Waals surface area contributed by atoms with Gasteiger partial charge in [0, 0.05) is 13.1 Å². The van der Waals surface area contributed by atoms with Gasteiger partial charge in [-0.3, -0.25) is 4.79 Å². The van der Waals surface area contributed by atoms with Crippen molar-refractivity contribution in [2.45, 2.75) is 51.1 Å². The van der Waals surface area contributed by atoms with Gasteiger partial charge in [0.05, 0.1) is 6.42 Å². The van der Waals surface area contributed by atoms with E-state index in [0.717, 1.165) is 25.7 Å². The van der Waals surface area contributed by atoms with Gasteiger partial charge in [0.25, 0.3) is 0 Å². The first-order valence-electron chi connectivity index (χ1n) is 6.87. The van der Waals surface area contributed by atoms with Crippen molar-refractivity contribution in [2.24, 2.45) is 11.7 Å². The number of amides is 3. The fraction of sp³-hybridized carbons (Fsp3) is 0.769. The summed E-state index contributed by atoms with van der Waals surface area (Å²) < 4.78 is 0. The number of nitrogens with zero attached hydrogens (tertiary/aromatic N) is 1. The molecule has 1 aliphatic carbocycles. The Labute approximate surface area is 118 Å².